The van der Waals surface area contributed by atoms with E-state index in [1.807, 2.05) is 30.5 Å². The van der Waals surface area contributed by atoms with Gasteiger partial charge in [0.2, 0.25) is 0 Å². The molecule has 1 nitrogen and oxygen atoms in total. The number of benzene rings is 2. The molecular formula is C18H19N. The van der Waals surface area contributed by atoms with Crippen LogP contribution in [0.1, 0.15) is 16.7 Å². The summed E-state index contributed by atoms with van der Waals surface area (Å²) < 4.78 is 0. The van der Waals surface area contributed by atoms with Crippen molar-refractivity contribution in [1.82, 2.24) is 0 Å². The molecule has 0 spiro atoms. The number of allylic oxidation sites excluding steroid dienone is 2. The highest BCUT2D eigenvalue weighted by Gasteiger charge is 1.95. The quantitative estimate of drug-likeness (QED) is 0.756. The number of hydrogen-bond donors (Lipinski definition) is 1. The van der Waals surface area contributed by atoms with Crippen molar-refractivity contribution in [2.45, 2.75) is 13.8 Å². The summed E-state index contributed by atoms with van der Waals surface area (Å²) in [5, 5.41) is 3.27. The van der Waals surface area contributed by atoms with Gasteiger partial charge in [0.25, 0.3) is 0 Å². The maximum Gasteiger partial charge on any atom is 0.0382 e. The Morgan fingerprint density at radius 1 is 1.00 bits per heavy atom. The molecule has 0 unspecified atom stereocenters. The van der Waals surface area contributed by atoms with Gasteiger partial charge in [-0.2, -0.15) is 0 Å². The van der Waals surface area contributed by atoms with E-state index in [0.717, 1.165) is 16.8 Å². The molecule has 0 saturated heterocycles. The maximum absolute atomic E-state index is 4.06. The lowest BCUT2D eigenvalue weighted by atomic mass is 10.1. The van der Waals surface area contributed by atoms with Crippen molar-refractivity contribution in [3.63, 3.8) is 0 Å². The summed E-state index contributed by atoms with van der Waals surface area (Å²) in [6.07, 6.45) is 3.92. The monoisotopic (exact) mass is 249 g/mol. The molecule has 1 N–H and O–H groups in total. The first-order chi connectivity index (χ1) is 9.16. The number of rotatable bonds is 4. The first-order valence-corrected chi connectivity index (χ1v) is 6.41. The summed E-state index contributed by atoms with van der Waals surface area (Å²) in [5.74, 6) is 0. The highest BCUT2D eigenvalue weighted by atomic mass is 14.8. The molecule has 0 saturated carbocycles. The van der Waals surface area contributed by atoms with Gasteiger partial charge >= 0.3 is 0 Å². The molecule has 0 aliphatic rings. The third kappa shape index (κ3) is 3.59. The van der Waals surface area contributed by atoms with Crippen LogP contribution in [-0.4, -0.2) is 0 Å². The molecule has 19 heavy (non-hydrogen) atoms. The van der Waals surface area contributed by atoms with Crippen LogP contribution >= 0.6 is 0 Å². The molecule has 0 atom stereocenters. The van der Waals surface area contributed by atoms with E-state index in [0.29, 0.717) is 0 Å². The fraction of sp³-hybridized carbons (Fsp3) is 0.111. The first-order valence-electron chi connectivity index (χ1n) is 6.41. The molecule has 0 bridgehead atoms. The minimum atomic E-state index is 0.997. The van der Waals surface area contributed by atoms with Crippen LogP contribution < -0.4 is 5.32 Å². The maximum atomic E-state index is 4.06. The summed E-state index contributed by atoms with van der Waals surface area (Å²) >= 11 is 0. The Morgan fingerprint density at radius 3 is 2.42 bits per heavy atom. The van der Waals surface area contributed by atoms with Crippen LogP contribution in [0.4, 0.5) is 5.69 Å². The van der Waals surface area contributed by atoms with Crippen molar-refractivity contribution in [3.05, 3.63) is 84.1 Å². The molecule has 0 heterocycles. The fourth-order valence-corrected chi connectivity index (χ4v) is 1.82. The molecule has 0 aliphatic heterocycles. The van der Waals surface area contributed by atoms with Crippen molar-refractivity contribution < 1.29 is 0 Å². The van der Waals surface area contributed by atoms with Gasteiger partial charge in [0, 0.05) is 11.9 Å². The molecule has 96 valence electrons. The summed E-state index contributed by atoms with van der Waals surface area (Å²) in [6.45, 7) is 8.30. The average Bonchev–Trinajstić information content (AvgIpc) is 2.43. The lowest BCUT2D eigenvalue weighted by molar-refractivity contribution is 1.34. The van der Waals surface area contributed by atoms with E-state index in [4.69, 9.17) is 0 Å². The minimum Gasteiger partial charge on any atom is -0.362 e. The second-order valence-corrected chi connectivity index (χ2v) is 4.67. The minimum absolute atomic E-state index is 0.997. The van der Waals surface area contributed by atoms with Gasteiger partial charge in [-0.1, -0.05) is 43.0 Å². The normalized spacial score (nSPS) is 10.6. The average molecular weight is 249 g/mol. The standard InChI is InChI=1S/C18H19N/c1-14-9-10-18(13-16(14)3)19-12-11-15(2)17-7-5-4-6-8-17/h4-13,19H,2H2,1,3H3/b12-11+. The van der Waals surface area contributed by atoms with Gasteiger partial charge in [-0.25, -0.2) is 0 Å². The van der Waals surface area contributed by atoms with Gasteiger partial charge in [-0.15, -0.1) is 0 Å². The van der Waals surface area contributed by atoms with Gasteiger partial charge in [-0.05, 0) is 54.3 Å². The van der Waals surface area contributed by atoms with E-state index in [-0.39, 0.29) is 0 Å². The summed E-state index contributed by atoms with van der Waals surface area (Å²) in [5.41, 5.74) is 5.83. The van der Waals surface area contributed by atoms with Gasteiger partial charge in [0.05, 0.1) is 0 Å². The lowest BCUT2D eigenvalue weighted by Crippen LogP contribution is -1.90. The van der Waals surface area contributed by atoms with Crippen molar-refractivity contribution in [3.8, 4) is 0 Å². The zero-order valence-electron chi connectivity index (χ0n) is 11.5. The van der Waals surface area contributed by atoms with E-state index >= 15 is 0 Å². The second-order valence-electron chi connectivity index (χ2n) is 4.67. The zero-order valence-corrected chi connectivity index (χ0v) is 11.5. The third-order valence-electron chi connectivity index (χ3n) is 3.19. The van der Waals surface area contributed by atoms with Crippen molar-refractivity contribution in [2.24, 2.45) is 0 Å². The van der Waals surface area contributed by atoms with Gasteiger partial charge in [0.1, 0.15) is 0 Å². The van der Waals surface area contributed by atoms with E-state index in [2.05, 4.69) is 56.1 Å². The fourth-order valence-electron chi connectivity index (χ4n) is 1.82. The Morgan fingerprint density at radius 2 is 1.74 bits per heavy atom. The van der Waals surface area contributed by atoms with Crippen LogP contribution in [0.25, 0.3) is 5.57 Å². The Kier molecular flexibility index (Phi) is 4.19. The molecule has 0 fully saturated rings. The molecule has 2 aromatic carbocycles. The van der Waals surface area contributed by atoms with E-state index in [9.17, 15) is 0 Å². The Labute approximate surface area is 115 Å². The number of aryl methyl sites for hydroxylation is 2. The van der Waals surface area contributed by atoms with Crippen molar-refractivity contribution >= 4 is 11.3 Å². The Bertz CT molecular complexity index is 594. The molecule has 2 rings (SSSR count). The largest absolute Gasteiger partial charge is 0.362 e. The first kappa shape index (κ1) is 13.2. The van der Waals surface area contributed by atoms with E-state index in [1.54, 1.807) is 0 Å². The predicted octanol–water partition coefficient (Wildman–Crippen LogP) is 4.94. The highest BCUT2D eigenvalue weighted by molar-refractivity contribution is 5.72. The second kappa shape index (κ2) is 6.05. The van der Waals surface area contributed by atoms with Crippen molar-refractivity contribution in [2.75, 3.05) is 5.32 Å². The third-order valence-corrected chi connectivity index (χ3v) is 3.19. The summed E-state index contributed by atoms with van der Waals surface area (Å²) in [6, 6.07) is 16.5. The molecule has 1 heteroatoms. The van der Waals surface area contributed by atoms with Gasteiger partial charge in [-0.3, -0.25) is 0 Å². The molecular weight excluding hydrogens is 230 g/mol. The molecule has 0 aliphatic carbocycles. The van der Waals surface area contributed by atoms with E-state index in [1.165, 1.54) is 11.1 Å². The Balaban J connectivity index is 2.00. The van der Waals surface area contributed by atoms with Crippen LogP contribution in [0, 0.1) is 13.8 Å². The van der Waals surface area contributed by atoms with Gasteiger partial charge < -0.3 is 5.32 Å². The zero-order chi connectivity index (χ0) is 13.7. The smallest absolute Gasteiger partial charge is 0.0382 e. The molecule has 0 aromatic heterocycles. The van der Waals surface area contributed by atoms with Crippen LogP contribution in [-0.2, 0) is 0 Å². The summed E-state index contributed by atoms with van der Waals surface area (Å²) in [7, 11) is 0. The Hall–Kier alpha value is -2.28. The van der Waals surface area contributed by atoms with E-state index < -0.39 is 0 Å². The molecule has 0 radical (unpaired) electrons. The number of hydrogen-bond acceptors (Lipinski definition) is 1. The SMILES string of the molecule is C=C(/C=C/Nc1ccc(C)c(C)c1)c1ccccc1. The summed E-state index contributed by atoms with van der Waals surface area (Å²) in [4.78, 5) is 0. The van der Waals surface area contributed by atoms with Crippen LogP contribution in [0.3, 0.4) is 0 Å². The predicted molar refractivity (Wildman–Crippen MR) is 84.2 cm³/mol. The number of anilines is 1. The van der Waals surface area contributed by atoms with Crippen LogP contribution in [0.2, 0.25) is 0 Å². The molecule has 2 aromatic rings. The number of nitrogens with one attached hydrogen (secondary N) is 1. The lowest BCUT2D eigenvalue weighted by Gasteiger charge is -2.05. The topological polar surface area (TPSA) is 12.0 Å². The van der Waals surface area contributed by atoms with Crippen LogP contribution in [0.5, 0.6) is 0 Å². The van der Waals surface area contributed by atoms with Crippen molar-refractivity contribution in [1.29, 1.82) is 0 Å². The van der Waals surface area contributed by atoms with Crippen LogP contribution in [0.15, 0.2) is 67.4 Å². The van der Waals surface area contributed by atoms with Gasteiger partial charge in [0.15, 0.2) is 0 Å². The molecule has 0 amide bonds. The highest BCUT2D eigenvalue weighted by Crippen LogP contribution is 2.16.